The number of carbonyl (C=O) groups is 2. The second-order valence-corrected chi connectivity index (χ2v) is 8.70. The number of hydrogen-bond donors (Lipinski definition) is 2. The molecule has 0 spiro atoms. The van der Waals surface area contributed by atoms with Crippen LogP contribution in [0.5, 0.6) is 0 Å². The number of thioether (sulfide) groups is 1. The fourth-order valence-corrected chi connectivity index (χ4v) is 3.47. The first-order chi connectivity index (χ1) is 12.0. The van der Waals surface area contributed by atoms with E-state index in [-0.39, 0.29) is 23.0 Å². The first-order valence-corrected chi connectivity index (χ1v) is 10.1. The number of nitrogens with one attached hydrogen (secondary N) is 2. The lowest BCUT2D eigenvalue weighted by Gasteiger charge is -2.12. The van der Waals surface area contributed by atoms with Crippen molar-refractivity contribution in [3.63, 3.8) is 0 Å². The molecule has 1 saturated carbocycles. The van der Waals surface area contributed by atoms with Crippen molar-refractivity contribution < 1.29 is 9.59 Å². The van der Waals surface area contributed by atoms with Crippen molar-refractivity contribution in [1.29, 1.82) is 0 Å². The minimum atomic E-state index is -0.216. The highest BCUT2D eigenvalue weighted by Gasteiger charge is 2.29. The van der Waals surface area contributed by atoms with Crippen molar-refractivity contribution >= 4 is 57.5 Å². The highest BCUT2D eigenvalue weighted by atomic mass is 127. The predicted octanol–water partition coefficient (Wildman–Crippen LogP) is 4.76. The van der Waals surface area contributed by atoms with Crippen LogP contribution in [0.1, 0.15) is 19.8 Å². The monoisotopic (exact) mass is 466 g/mol. The van der Waals surface area contributed by atoms with Gasteiger partial charge in [-0.25, -0.2) is 0 Å². The molecule has 0 aliphatic heterocycles. The second-order valence-electron chi connectivity index (χ2n) is 6.04. The van der Waals surface area contributed by atoms with E-state index in [9.17, 15) is 9.59 Å². The maximum Gasteiger partial charge on any atom is 0.237 e. The number of rotatable bonds is 6. The third kappa shape index (κ3) is 5.47. The third-order valence-electron chi connectivity index (χ3n) is 3.86. The zero-order valence-corrected chi connectivity index (χ0v) is 16.8. The Morgan fingerprint density at radius 2 is 1.56 bits per heavy atom. The summed E-state index contributed by atoms with van der Waals surface area (Å²) in [4.78, 5) is 25.1. The first-order valence-electron chi connectivity index (χ1n) is 8.15. The van der Waals surface area contributed by atoms with Crippen molar-refractivity contribution in [3.05, 3.63) is 52.1 Å². The van der Waals surface area contributed by atoms with E-state index in [0.717, 1.165) is 32.7 Å². The Bertz CT molecular complexity index is 758. The maximum absolute atomic E-state index is 12.3. The number of hydrogen-bond acceptors (Lipinski definition) is 3. The van der Waals surface area contributed by atoms with Gasteiger partial charge in [0, 0.05) is 25.8 Å². The molecule has 1 unspecified atom stereocenters. The van der Waals surface area contributed by atoms with E-state index in [1.54, 1.807) is 0 Å². The van der Waals surface area contributed by atoms with Crippen LogP contribution in [0, 0.1) is 9.49 Å². The van der Waals surface area contributed by atoms with Gasteiger partial charge in [0.2, 0.25) is 11.8 Å². The molecule has 4 nitrogen and oxygen atoms in total. The van der Waals surface area contributed by atoms with Gasteiger partial charge in [-0.1, -0.05) is 0 Å². The second kappa shape index (κ2) is 8.23. The largest absolute Gasteiger partial charge is 0.326 e. The molecule has 3 rings (SSSR count). The molecule has 0 saturated heterocycles. The Labute approximate surface area is 165 Å². The lowest BCUT2D eigenvalue weighted by molar-refractivity contribution is -0.117. The molecule has 2 aromatic carbocycles. The molecule has 2 aromatic rings. The number of halogens is 1. The van der Waals surface area contributed by atoms with Crippen LogP contribution in [0.3, 0.4) is 0 Å². The summed E-state index contributed by atoms with van der Waals surface area (Å²) in [5, 5.41) is 5.63. The molecule has 0 heterocycles. The van der Waals surface area contributed by atoms with Crippen molar-refractivity contribution in [1.82, 2.24) is 0 Å². The van der Waals surface area contributed by atoms with E-state index >= 15 is 0 Å². The number of amides is 2. The Morgan fingerprint density at radius 3 is 2.16 bits per heavy atom. The van der Waals surface area contributed by atoms with Gasteiger partial charge in [-0.15, -0.1) is 11.8 Å². The van der Waals surface area contributed by atoms with Gasteiger partial charge in [-0.3, -0.25) is 9.59 Å². The van der Waals surface area contributed by atoms with Gasteiger partial charge in [-0.2, -0.15) is 0 Å². The molecular weight excluding hydrogens is 447 g/mol. The average molecular weight is 466 g/mol. The van der Waals surface area contributed by atoms with Crippen LogP contribution in [0.2, 0.25) is 0 Å². The molecule has 0 aromatic heterocycles. The third-order valence-corrected chi connectivity index (χ3v) is 5.69. The molecule has 130 valence electrons. The smallest absolute Gasteiger partial charge is 0.237 e. The first kappa shape index (κ1) is 18.3. The highest BCUT2D eigenvalue weighted by molar-refractivity contribution is 14.1. The molecule has 1 aliphatic carbocycles. The Balaban J connectivity index is 1.52. The summed E-state index contributed by atoms with van der Waals surface area (Å²) in [7, 11) is 0. The van der Waals surface area contributed by atoms with Crippen molar-refractivity contribution in [3.8, 4) is 0 Å². The van der Waals surface area contributed by atoms with Gasteiger partial charge < -0.3 is 10.6 Å². The van der Waals surface area contributed by atoms with Crippen molar-refractivity contribution in [2.45, 2.75) is 29.9 Å². The minimum absolute atomic E-state index is 0.0303. The summed E-state index contributed by atoms with van der Waals surface area (Å²) >= 11 is 3.73. The van der Waals surface area contributed by atoms with Crippen LogP contribution in [0.4, 0.5) is 11.4 Å². The quantitative estimate of drug-likeness (QED) is 0.477. The van der Waals surface area contributed by atoms with Crippen LogP contribution >= 0.6 is 34.4 Å². The number of benzene rings is 2. The molecule has 1 aliphatic rings. The summed E-state index contributed by atoms with van der Waals surface area (Å²) < 4.78 is 1.13. The topological polar surface area (TPSA) is 58.2 Å². The van der Waals surface area contributed by atoms with E-state index in [1.807, 2.05) is 55.5 Å². The molecule has 0 radical (unpaired) electrons. The Hall–Kier alpha value is -1.54. The predicted molar refractivity (Wildman–Crippen MR) is 111 cm³/mol. The molecule has 1 fully saturated rings. The minimum Gasteiger partial charge on any atom is -0.326 e. The molecule has 2 amide bonds. The van der Waals surface area contributed by atoms with Crippen LogP contribution in [-0.2, 0) is 9.59 Å². The molecule has 6 heteroatoms. The Kier molecular flexibility index (Phi) is 6.01. The molecule has 0 bridgehead atoms. The standard InChI is InChI=1S/C19H19IN2O2S/c1-12(18(23)21-15-6-4-14(20)5-7-15)25-17-10-8-16(9-11-17)22-19(24)13-2-3-13/h4-13H,2-3H2,1H3,(H,21,23)(H,22,24). The lowest BCUT2D eigenvalue weighted by atomic mass is 10.3. The zero-order valence-electron chi connectivity index (χ0n) is 13.8. The van der Waals surface area contributed by atoms with Crippen LogP contribution in [0.25, 0.3) is 0 Å². The van der Waals surface area contributed by atoms with Crippen LogP contribution in [-0.4, -0.2) is 17.1 Å². The average Bonchev–Trinajstić information content (AvgIpc) is 3.43. The van der Waals surface area contributed by atoms with Gasteiger partial charge in [-0.05, 0) is 90.9 Å². The number of carbonyl (C=O) groups excluding carboxylic acids is 2. The summed E-state index contributed by atoms with van der Waals surface area (Å²) in [6, 6.07) is 15.3. The van der Waals surface area contributed by atoms with Gasteiger partial charge in [0.15, 0.2) is 0 Å². The van der Waals surface area contributed by atoms with Crippen molar-refractivity contribution in [2.24, 2.45) is 5.92 Å². The molecular formula is C19H19IN2O2S. The highest BCUT2D eigenvalue weighted by Crippen LogP contribution is 2.31. The van der Waals surface area contributed by atoms with E-state index in [1.165, 1.54) is 11.8 Å². The summed E-state index contributed by atoms with van der Waals surface area (Å²) in [6.07, 6.45) is 1.99. The van der Waals surface area contributed by atoms with Crippen LogP contribution < -0.4 is 10.6 Å². The lowest BCUT2D eigenvalue weighted by Crippen LogP contribution is -2.22. The summed E-state index contributed by atoms with van der Waals surface area (Å²) in [6.45, 7) is 1.88. The van der Waals surface area contributed by atoms with E-state index < -0.39 is 0 Å². The van der Waals surface area contributed by atoms with Gasteiger partial charge in [0.05, 0.1) is 5.25 Å². The fraction of sp³-hybridized carbons (Fsp3) is 0.263. The van der Waals surface area contributed by atoms with Gasteiger partial charge in [0.1, 0.15) is 0 Å². The fourth-order valence-electron chi connectivity index (χ4n) is 2.24. The summed E-state index contributed by atoms with van der Waals surface area (Å²) in [5.74, 6) is 0.266. The van der Waals surface area contributed by atoms with Gasteiger partial charge in [0.25, 0.3) is 0 Å². The van der Waals surface area contributed by atoms with Gasteiger partial charge >= 0.3 is 0 Å². The zero-order chi connectivity index (χ0) is 17.8. The molecule has 25 heavy (non-hydrogen) atoms. The van der Waals surface area contributed by atoms with Crippen molar-refractivity contribution in [2.75, 3.05) is 10.6 Å². The van der Waals surface area contributed by atoms with E-state index in [4.69, 9.17) is 0 Å². The molecule has 1 atom stereocenters. The van der Waals surface area contributed by atoms with Crippen LogP contribution in [0.15, 0.2) is 53.4 Å². The SMILES string of the molecule is CC(Sc1ccc(NC(=O)C2CC2)cc1)C(=O)Nc1ccc(I)cc1. The maximum atomic E-state index is 12.3. The normalized spacial score (nSPS) is 14.6. The van der Waals surface area contributed by atoms with E-state index in [0.29, 0.717) is 0 Å². The Morgan fingerprint density at radius 1 is 1.00 bits per heavy atom. The van der Waals surface area contributed by atoms with E-state index in [2.05, 4.69) is 33.2 Å². The summed E-state index contributed by atoms with van der Waals surface area (Å²) in [5.41, 5.74) is 1.60. The molecule has 2 N–H and O–H groups in total. The number of anilines is 2.